The minimum absolute atomic E-state index is 0.0207. The maximum Gasteiger partial charge on any atom is 0.223 e. The average Bonchev–Trinajstić information content (AvgIpc) is 2.71. The van der Waals surface area contributed by atoms with E-state index in [1.165, 1.54) is 0 Å². The van der Waals surface area contributed by atoms with Crippen LogP contribution in [-0.2, 0) is 11.3 Å². The Bertz CT molecular complexity index is 803. The Morgan fingerprint density at radius 2 is 1.82 bits per heavy atom. The molecule has 1 heterocycles. The summed E-state index contributed by atoms with van der Waals surface area (Å²) in [5.74, 6) is 1.01. The lowest BCUT2D eigenvalue weighted by Crippen LogP contribution is -2.40. The number of benzene rings is 2. The van der Waals surface area contributed by atoms with Crippen molar-refractivity contribution in [3.63, 3.8) is 0 Å². The summed E-state index contributed by atoms with van der Waals surface area (Å²) in [5.41, 5.74) is 2.22. The van der Waals surface area contributed by atoms with Crippen molar-refractivity contribution in [2.45, 2.75) is 32.4 Å². The van der Waals surface area contributed by atoms with E-state index in [-0.39, 0.29) is 17.9 Å². The van der Waals surface area contributed by atoms with E-state index in [4.69, 9.17) is 27.9 Å². The summed E-state index contributed by atoms with van der Waals surface area (Å²) >= 11 is 12.1. The second kappa shape index (κ2) is 9.64. The zero-order chi connectivity index (χ0) is 20.1. The zero-order valence-corrected chi connectivity index (χ0v) is 17.8. The van der Waals surface area contributed by atoms with Crippen molar-refractivity contribution in [2.24, 2.45) is 5.92 Å². The summed E-state index contributed by atoms with van der Waals surface area (Å²) < 4.78 is 5.18. The molecule has 0 saturated carbocycles. The molecule has 1 fully saturated rings. The molecule has 1 saturated heterocycles. The Kier molecular flexibility index (Phi) is 7.22. The molecular formula is C22H26Cl2N2O2. The Morgan fingerprint density at radius 3 is 2.43 bits per heavy atom. The number of hydrogen-bond donors (Lipinski definition) is 1. The molecule has 0 aliphatic carbocycles. The van der Waals surface area contributed by atoms with Gasteiger partial charge in [-0.3, -0.25) is 9.69 Å². The maximum absolute atomic E-state index is 12.7. The van der Waals surface area contributed by atoms with Crippen LogP contribution in [0.25, 0.3) is 0 Å². The molecule has 0 bridgehead atoms. The van der Waals surface area contributed by atoms with E-state index in [1.807, 2.05) is 49.4 Å². The predicted octanol–water partition coefficient (Wildman–Crippen LogP) is 5.09. The van der Waals surface area contributed by atoms with Gasteiger partial charge < -0.3 is 10.1 Å². The van der Waals surface area contributed by atoms with Gasteiger partial charge in [0.15, 0.2) is 0 Å². The third-order valence-corrected chi connectivity index (χ3v) is 6.06. The maximum atomic E-state index is 12.7. The van der Waals surface area contributed by atoms with E-state index in [0.29, 0.717) is 10.0 Å². The topological polar surface area (TPSA) is 41.6 Å². The minimum atomic E-state index is -0.0207. The number of carbonyl (C=O) groups excluding carboxylic acids is 1. The number of rotatable bonds is 6. The van der Waals surface area contributed by atoms with Crippen LogP contribution >= 0.6 is 23.2 Å². The molecule has 150 valence electrons. The Balaban J connectivity index is 1.48. The van der Waals surface area contributed by atoms with Gasteiger partial charge in [0.1, 0.15) is 5.75 Å². The Morgan fingerprint density at radius 1 is 1.14 bits per heavy atom. The Labute approximate surface area is 176 Å². The molecule has 28 heavy (non-hydrogen) atoms. The highest BCUT2D eigenvalue weighted by Crippen LogP contribution is 2.25. The summed E-state index contributed by atoms with van der Waals surface area (Å²) in [6.45, 7) is 4.64. The number of carbonyl (C=O) groups is 1. The second-order valence-electron chi connectivity index (χ2n) is 7.30. The van der Waals surface area contributed by atoms with Crippen molar-refractivity contribution in [2.75, 3.05) is 20.2 Å². The highest BCUT2D eigenvalue weighted by Gasteiger charge is 2.26. The van der Waals surface area contributed by atoms with E-state index in [9.17, 15) is 4.79 Å². The molecule has 6 heteroatoms. The number of methoxy groups -OCH3 is 1. The van der Waals surface area contributed by atoms with Crippen LogP contribution in [0.15, 0.2) is 42.5 Å². The molecular weight excluding hydrogens is 395 g/mol. The number of nitrogens with zero attached hydrogens (tertiary/aromatic N) is 1. The van der Waals surface area contributed by atoms with Crippen LogP contribution in [0, 0.1) is 5.92 Å². The van der Waals surface area contributed by atoms with E-state index < -0.39 is 0 Å². The monoisotopic (exact) mass is 420 g/mol. The van der Waals surface area contributed by atoms with Crippen molar-refractivity contribution in [3.8, 4) is 5.75 Å². The fourth-order valence-electron chi connectivity index (χ4n) is 3.56. The van der Waals surface area contributed by atoms with Crippen molar-refractivity contribution in [1.82, 2.24) is 10.2 Å². The molecule has 2 aromatic carbocycles. The Hall–Kier alpha value is -1.75. The fourth-order valence-corrected chi connectivity index (χ4v) is 3.88. The van der Waals surface area contributed by atoms with Crippen molar-refractivity contribution in [3.05, 3.63) is 63.6 Å². The van der Waals surface area contributed by atoms with Crippen LogP contribution < -0.4 is 10.1 Å². The third-order valence-electron chi connectivity index (χ3n) is 5.32. The second-order valence-corrected chi connectivity index (χ2v) is 8.12. The molecule has 2 aromatic rings. The molecule has 3 rings (SSSR count). The van der Waals surface area contributed by atoms with Crippen molar-refractivity contribution >= 4 is 29.1 Å². The van der Waals surface area contributed by atoms with E-state index in [1.54, 1.807) is 7.11 Å². The number of halogens is 2. The quantitative estimate of drug-likeness (QED) is 0.707. The fraction of sp³-hybridized carbons (Fsp3) is 0.409. The van der Waals surface area contributed by atoms with Crippen molar-refractivity contribution in [1.29, 1.82) is 0 Å². The van der Waals surface area contributed by atoms with Gasteiger partial charge in [0.25, 0.3) is 0 Å². The molecule has 1 aliphatic heterocycles. The van der Waals surface area contributed by atoms with Crippen LogP contribution in [0.5, 0.6) is 5.75 Å². The minimum Gasteiger partial charge on any atom is -0.497 e. The number of hydrogen-bond acceptors (Lipinski definition) is 3. The first-order valence-electron chi connectivity index (χ1n) is 9.57. The van der Waals surface area contributed by atoms with Crippen LogP contribution in [0.1, 0.15) is 36.9 Å². The number of nitrogens with one attached hydrogen (secondary N) is 1. The first kappa shape index (κ1) is 21.0. The molecule has 0 aromatic heterocycles. The number of piperidine rings is 1. The van der Waals surface area contributed by atoms with Crippen LogP contribution in [-0.4, -0.2) is 31.0 Å². The van der Waals surface area contributed by atoms with Gasteiger partial charge in [0.2, 0.25) is 5.91 Å². The highest BCUT2D eigenvalue weighted by molar-refractivity contribution is 6.42. The van der Waals surface area contributed by atoms with Gasteiger partial charge in [-0.2, -0.15) is 0 Å². The summed E-state index contributed by atoms with van der Waals surface area (Å²) in [5, 5.41) is 4.31. The molecule has 4 nitrogen and oxygen atoms in total. The summed E-state index contributed by atoms with van der Waals surface area (Å²) in [7, 11) is 1.65. The molecule has 0 radical (unpaired) electrons. The molecule has 1 N–H and O–H groups in total. The summed E-state index contributed by atoms with van der Waals surface area (Å²) in [4.78, 5) is 15.0. The third kappa shape index (κ3) is 5.40. The van der Waals surface area contributed by atoms with E-state index in [0.717, 1.165) is 49.4 Å². The summed E-state index contributed by atoms with van der Waals surface area (Å²) in [6, 6.07) is 13.5. The largest absolute Gasteiger partial charge is 0.497 e. The van der Waals surface area contributed by atoms with E-state index in [2.05, 4.69) is 10.2 Å². The van der Waals surface area contributed by atoms with Gasteiger partial charge in [-0.05, 0) is 68.2 Å². The zero-order valence-electron chi connectivity index (χ0n) is 16.3. The smallest absolute Gasteiger partial charge is 0.223 e. The van der Waals surface area contributed by atoms with Gasteiger partial charge in [0, 0.05) is 12.5 Å². The molecule has 1 atom stereocenters. The number of amides is 1. The first-order chi connectivity index (χ1) is 13.5. The number of likely N-dealkylation sites (tertiary alicyclic amines) is 1. The highest BCUT2D eigenvalue weighted by atomic mass is 35.5. The van der Waals surface area contributed by atoms with Crippen LogP contribution in [0.3, 0.4) is 0 Å². The lowest BCUT2D eigenvalue weighted by Gasteiger charge is -2.32. The lowest BCUT2D eigenvalue weighted by atomic mass is 9.95. The van der Waals surface area contributed by atoms with Crippen molar-refractivity contribution < 1.29 is 9.53 Å². The molecule has 0 unspecified atom stereocenters. The molecule has 0 spiro atoms. The first-order valence-corrected chi connectivity index (χ1v) is 10.3. The van der Waals surface area contributed by atoms with Crippen LogP contribution in [0.2, 0.25) is 10.0 Å². The molecule has 1 aliphatic rings. The predicted molar refractivity (Wildman–Crippen MR) is 114 cm³/mol. The lowest BCUT2D eigenvalue weighted by molar-refractivity contribution is -0.127. The van der Waals surface area contributed by atoms with Gasteiger partial charge >= 0.3 is 0 Å². The van der Waals surface area contributed by atoms with Gasteiger partial charge in [-0.25, -0.2) is 0 Å². The molecule has 1 amide bonds. The SMILES string of the molecule is COc1ccc([C@H](C)NC(=O)C2CCN(Cc3ccc(Cl)c(Cl)c3)CC2)cc1. The van der Waals surface area contributed by atoms with Gasteiger partial charge in [-0.1, -0.05) is 41.4 Å². The van der Waals surface area contributed by atoms with Gasteiger partial charge in [-0.15, -0.1) is 0 Å². The standard InChI is InChI=1S/C22H26Cl2N2O2/c1-15(17-4-6-19(28-2)7-5-17)25-22(27)18-9-11-26(12-10-18)14-16-3-8-20(23)21(24)13-16/h3-8,13,15,18H,9-12,14H2,1-2H3,(H,25,27)/t15-/m0/s1. The number of ether oxygens (including phenoxy) is 1. The normalized spacial score (nSPS) is 16.6. The van der Waals surface area contributed by atoms with E-state index >= 15 is 0 Å². The average molecular weight is 421 g/mol. The van der Waals surface area contributed by atoms with Gasteiger partial charge in [0.05, 0.1) is 23.2 Å². The van der Waals surface area contributed by atoms with Crippen LogP contribution in [0.4, 0.5) is 0 Å². The summed E-state index contributed by atoms with van der Waals surface area (Å²) in [6.07, 6.45) is 1.73.